The molecule has 1 saturated heterocycles. The van der Waals surface area contributed by atoms with Crippen molar-refractivity contribution in [2.45, 2.75) is 4.90 Å². The van der Waals surface area contributed by atoms with Crippen LogP contribution in [0.4, 0.5) is 5.69 Å². The number of methoxy groups -OCH3 is 1. The number of ether oxygens (including phenoxy) is 2. The Hall–Kier alpha value is -2.62. The highest BCUT2D eigenvalue weighted by Gasteiger charge is 2.16. The van der Waals surface area contributed by atoms with Crippen molar-refractivity contribution in [3.8, 4) is 5.75 Å². The molecule has 156 valence electrons. The van der Waals surface area contributed by atoms with Crippen molar-refractivity contribution in [3.05, 3.63) is 54.1 Å². The second-order valence-electron chi connectivity index (χ2n) is 6.57. The molecule has 0 radical (unpaired) electrons. The second-order valence-corrected chi connectivity index (χ2v) is 8.25. The third-order valence-electron chi connectivity index (χ3n) is 4.59. The van der Waals surface area contributed by atoms with Crippen molar-refractivity contribution in [3.63, 3.8) is 0 Å². The van der Waals surface area contributed by atoms with Crippen LogP contribution in [0, 0.1) is 0 Å². The highest BCUT2D eigenvalue weighted by molar-refractivity contribution is 7.92. The van der Waals surface area contributed by atoms with E-state index in [1.54, 1.807) is 31.4 Å². The van der Waals surface area contributed by atoms with Crippen LogP contribution in [0.5, 0.6) is 5.75 Å². The summed E-state index contributed by atoms with van der Waals surface area (Å²) in [5, 5.41) is 2.86. The Morgan fingerprint density at radius 3 is 2.34 bits per heavy atom. The maximum atomic E-state index is 12.5. The third kappa shape index (κ3) is 5.93. The summed E-state index contributed by atoms with van der Waals surface area (Å²) in [4.78, 5) is 14.6. The minimum Gasteiger partial charge on any atom is -0.497 e. The summed E-state index contributed by atoms with van der Waals surface area (Å²) in [5.41, 5.74) is 0.839. The number of rotatable bonds is 8. The van der Waals surface area contributed by atoms with Gasteiger partial charge in [0.1, 0.15) is 5.75 Å². The number of anilines is 1. The Labute approximate surface area is 170 Å². The Bertz CT molecular complexity index is 908. The molecule has 0 aliphatic carbocycles. The lowest BCUT2D eigenvalue weighted by Crippen LogP contribution is -2.41. The van der Waals surface area contributed by atoms with E-state index in [0.717, 1.165) is 19.6 Å². The van der Waals surface area contributed by atoms with Gasteiger partial charge in [0.15, 0.2) is 0 Å². The second kappa shape index (κ2) is 9.73. The van der Waals surface area contributed by atoms with Crippen LogP contribution < -0.4 is 14.8 Å². The van der Waals surface area contributed by atoms with E-state index in [4.69, 9.17) is 9.47 Å². The summed E-state index contributed by atoms with van der Waals surface area (Å²) in [6, 6.07) is 12.4. The van der Waals surface area contributed by atoms with Gasteiger partial charge in [-0.1, -0.05) is 0 Å². The smallest absolute Gasteiger partial charge is 0.261 e. The van der Waals surface area contributed by atoms with Gasteiger partial charge in [0, 0.05) is 37.4 Å². The number of morpholine rings is 1. The maximum absolute atomic E-state index is 12.5. The third-order valence-corrected chi connectivity index (χ3v) is 5.98. The number of nitrogens with zero attached hydrogens (tertiary/aromatic N) is 1. The normalized spacial score (nSPS) is 14.9. The molecule has 9 heteroatoms. The minimum atomic E-state index is -3.75. The van der Waals surface area contributed by atoms with Crippen molar-refractivity contribution in [1.82, 2.24) is 10.2 Å². The molecule has 0 bridgehead atoms. The fourth-order valence-corrected chi connectivity index (χ4v) is 3.97. The first kappa shape index (κ1) is 21.1. The monoisotopic (exact) mass is 419 g/mol. The molecule has 1 aliphatic heterocycles. The van der Waals surface area contributed by atoms with Crippen LogP contribution in [0.25, 0.3) is 0 Å². The van der Waals surface area contributed by atoms with E-state index < -0.39 is 10.0 Å². The largest absolute Gasteiger partial charge is 0.497 e. The number of hydrogen-bond acceptors (Lipinski definition) is 6. The van der Waals surface area contributed by atoms with E-state index in [0.29, 0.717) is 36.8 Å². The number of sulfonamides is 1. The molecule has 1 fully saturated rings. The van der Waals surface area contributed by atoms with Gasteiger partial charge in [-0.2, -0.15) is 0 Å². The van der Waals surface area contributed by atoms with Crippen molar-refractivity contribution in [2.24, 2.45) is 0 Å². The van der Waals surface area contributed by atoms with Gasteiger partial charge in [0.2, 0.25) is 0 Å². The Morgan fingerprint density at radius 2 is 1.72 bits per heavy atom. The molecular formula is C20H25N3O5S. The highest BCUT2D eigenvalue weighted by Crippen LogP contribution is 2.19. The topological polar surface area (TPSA) is 97.0 Å². The number of amides is 1. The van der Waals surface area contributed by atoms with Gasteiger partial charge in [-0.05, 0) is 48.5 Å². The Balaban J connectivity index is 1.55. The SMILES string of the molecule is COc1ccc(NS(=O)(=O)c2ccc(C(=O)NCCN3CCOCC3)cc2)cc1. The van der Waals surface area contributed by atoms with E-state index >= 15 is 0 Å². The van der Waals surface area contributed by atoms with Gasteiger partial charge in [-0.3, -0.25) is 14.4 Å². The molecule has 8 nitrogen and oxygen atoms in total. The van der Waals surface area contributed by atoms with Crippen LogP contribution in [0.3, 0.4) is 0 Å². The summed E-state index contributed by atoms with van der Waals surface area (Å²) < 4.78 is 37.9. The highest BCUT2D eigenvalue weighted by atomic mass is 32.2. The van der Waals surface area contributed by atoms with Gasteiger partial charge in [-0.15, -0.1) is 0 Å². The van der Waals surface area contributed by atoms with Crippen LogP contribution in [0.15, 0.2) is 53.4 Å². The molecule has 0 spiro atoms. The average Bonchev–Trinajstić information content (AvgIpc) is 2.75. The Kier molecular flexibility index (Phi) is 7.08. The van der Waals surface area contributed by atoms with Crippen LogP contribution in [-0.4, -0.2) is 65.7 Å². The van der Waals surface area contributed by atoms with Crippen LogP contribution in [0.2, 0.25) is 0 Å². The summed E-state index contributed by atoms with van der Waals surface area (Å²) in [6.45, 7) is 4.45. The average molecular weight is 420 g/mol. The zero-order chi connectivity index (χ0) is 20.7. The standard InChI is InChI=1S/C20H25N3O5S/c1-27-18-6-4-17(5-7-18)22-29(25,26)19-8-2-16(3-9-19)20(24)21-10-11-23-12-14-28-15-13-23/h2-9,22H,10-15H2,1H3,(H,21,24). The van der Waals surface area contributed by atoms with Crippen molar-refractivity contribution in [1.29, 1.82) is 0 Å². The summed E-state index contributed by atoms with van der Waals surface area (Å²) in [6.07, 6.45) is 0. The predicted octanol–water partition coefficient (Wildman–Crippen LogP) is 1.56. The van der Waals surface area contributed by atoms with Crippen molar-refractivity contribution >= 4 is 21.6 Å². The molecule has 1 aliphatic rings. The first-order chi connectivity index (χ1) is 14.0. The van der Waals surface area contributed by atoms with Crippen LogP contribution in [0.1, 0.15) is 10.4 Å². The molecule has 0 atom stereocenters. The molecule has 2 aromatic carbocycles. The number of carbonyl (C=O) groups excluding carboxylic acids is 1. The zero-order valence-electron chi connectivity index (χ0n) is 16.3. The summed E-state index contributed by atoms with van der Waals surface area (Å²) in [5.74, 6) is 0.405. The molecule has 0 aromatic heterocycles. The van der Waals surface area contributed by atoms with Gasteiger partial charge in [0.05, 0.1) is 25.2 Å². The lowest BCUT2D eigenvalue weighted by atomic mass is 10.2. The molecule has 3 rings (SSSR count). The lowest BCUT2D eigenvalue weighted by molar-refractivity contribution is 0.0383. The maximum Gasteiger partial charge on any atom is 0.261 e. The lowest BCUT2D eigenvalue weighted by Gasteiger charge is -2.26. The molecule has 2 aromatic rings. The van der Waals surface area contributed by atoms with Crippen LogP contribution in [-0.2, 0) is 14.8 Å². The van der Waals surface area contributed by atoms with Gasteiger partial charge in [-0.25, -0.2) is 8.42 Å². The Morgan fingerprint density at radius 1 is 1.07 bits per heavy atom. The molecule has 1 amide bonds. The molecule has 1 heterocycles. The van der Waals surface area contributed by atoms with Gasteiger partial charge >= 0.3 is 0 Å². The first-order valence-electron chi connectivity index (χ1n) is 9.33. The minimum absolute atomic E-state index is 0.0817. The zero-order valence-corrected chi connectivity index (χ0v) is 17.1. The summed E-state index contributed by atoms with van der Waals surface area (Å²) in [7, 11) is -2.21. The van der Waals surface area contributed by atoms with E-state index in [-0.39, 0.29) is 10.8 Å². The predicted molar refractivity (Wildman–Crippen MR) is 110 cm³/mol. The van der Waals surface area contributed by atoms with E-state index in [1.807, 2.05) is 0 Å². The number of benzene rings is 2. The van der Waals surface area contributed by atoms with Crippen molar-refractivity contribution in [2.75, 3.05) is 51.2 Å². The quantitative estimate of drug-likeness (QED) is 0.674. The van der Waals surface area contributed by atoms with Crippen molar-refractivity contribution < 1.29 is 22.7 Å². The molecule has 0 unspecified atom stereocenters. The molecule has 29 heavy (non-hydrogen) atoms. The summed E-state index contributed by atoms with van der Waals surface area (Å²) >= 11 is 0. The molecular weight excluding hydrogens is 394 g/mol. The van der Waals surface area contributed by atoms with Gasteiger partial charge in [0.25, 0.3) is 15.9 Å². The van der Waals surface area contributed by atoms with E-state index in [1.165, 1.54) is 24.3 Å². The number of hydrogen-bond donors (Lipinski definition) is 2. The first-order valence-corrected chi connectivity index (χ1v) is 10.8. The van der Waals surface area contributed by atoms with Gasteiger partial charge < -0.3 is 14.8 Å². The van der Waals surface area contributed by atoms with E-state index in [2.05, 4.69) is 14.9 Å². The number of carbonyl (C=O) groups is 1. The van der Waals surface area contributed by atoms with Crippen LogP contribution >= 0.6 is 0 Å². The fraction of sp³-hybridized carbons (Fsp3) is 0.350. The van der Waals surface area contributed by atoms with E-state index in [9.17, 15) is 13.2 Å². The molecule has 0 saturated carbocycles. The fourth-order valence-electron chi connectivity index (χ4n) is 2.91. The number of nitrogens with one attached hydrogen (secondary N) is 2. The molecule has 2 N–H and O–H groups in total.